The SMILES string of the molecule is Cc1ccc(NC(=O)CSc2nccnc2Sc2ccccc2)c(C)c1. The molecule has 3 aromatic rings. The van der Waals surface area contributed by atoms with Gasteiger partial charge in [0.1, 0.15) is 10.1 Å². The van der Waals surface area contributed by atoms with Crippen molar-refractivity contribution in [3.63, 3.8) is 0 Å². The number of aromatic nitrogens is 2. The van der Waals surface area contributed by atoms with Crippen molar-refractivity contribution in [2.45, 2.75) is 28.8 Å². The van der Waals surface area contributed by atoms with Crippen LogP contribution in [0.25, 0.3) is 0 Å². The molecular weight excluding hydrogens is 362 g/mol. The number of benzene rings is 2. The van der Waals surface area contributed by atoms with Crippen molar-refractivity contribution in [3.05, 3.63) is 72.1 Å². The zero-order valence-electron chi connectivity index (χ0n) is 14.6. The molecule has 4 nitrogen and oxygen atoms in total. The third kappa shape index (κ3) is 5.09. The maximum atomic E-state index is 12.3. The lowest BCUT2D eigenvalue weighted by Crippen LogP contribution is -2.15. The molecule has 0 atom stereocenters. The second-order valence-corrected chi connectivity index (χ2v) is 7.76. The lowest BCUT2D eigenvalue weighted by molar-refractivity contribution is -0.113. The van der Waals surface area contributed by atoms with E-state index in [1.807, 2.05) is 56.3 Å². The van der Waals surface area contributed by atoms with Gasteiger partial charge in [0.25, 0.3) is 0 Å². The molecule has 0 aliphatic rings. The Morgan fingerprint density at radius 3 is 2.46 bits per heavy atom. The van der Waals surface area contributed by atoms with E-state index in [4.69, 9.17) is 0 Å². The molecule has 6 heteroatoms. The highest BCUT2D eigenvalue weighted by Crippen LogP contribution is 2.32. The van der Waals surface area contributed by atoms with Crippen LogP contribution in [-0.4, -0.2) is 21.6 Å². The fourth-order valence-electron chi connectivity index (χ4n) is 2.36. The van der Waals surface area contributed by atoms with Gasteiger partial charge in [0, 0.05) is 23.0 Å². The summed E-state index contributed by atoms with van der Waals surface area (Å²) in [7, 11) is 0. The molecule has 1 aromatic heterocycles. The molecule has 0 spiro atoms. The Kier molecular flexibility index (Phi) is 6.30. The molecule has 0 fully saturated rings. The van der Waals surface area contributed by atoms with Crippen LogP contribution in [-0.2, 0) is 4.79 Å². The maximum absolute atomic E-state index is 12.3. The summed E-state index contributed by atoms with van der Waals surface area (Å²) in [6.07, 6.45) is 3.32. The number of thioether (sulfide) groups is 1. The summed E-state index contributed by atoms with van der Waals surface area (Å²) < 4.78 is 0. The molecule has 0 aliphatic carbocycles. The second kappa shape index (κ2) is 8.87. The highest BCUT2D eigenvalue weighted by Gasteiger charge is 2.11. The minimum absolute atomic E-state index is 0.0525. The zero-order chi connectivity index (χ0) is 18.4. The van der Waals surface area contributed by atoms with Crippen LogP contribution in [0, 0.1) is 13.8 Å². The van der Waals surface area contributed by atoms with Crippen molar-refractivity contribution in [2.75, 3.05) is 11.1 Å². The van der Waals surface area contributed by atoms with E-state index in [-0.39, 0.29) is 11.7 Å². The van der Waals surface area contributed by atoms with Crippen LogP contribution in [0.4, 0.5) is 5.69 Å². The number of carbonyl (C=O) groups excluding carboxylic acids is 1. The fourth-order valence-corrected chi connectivity index (χ4v) is 4.08. The first-order valence-corrected chi connectivity index (χ1v) is 9.96. The molecule has 1 heterocycles. The number of nitrogens with zero attached hydrogens (tertiary/aromatic N) is 2. The number of anilines is 1. The van der Waals surface area contributed by atoms with Crippen LogP contribution in [0.5, 0.6) is 0 Å². The van der Waals surface area contributed by atoms with Crippen LogP contribution in [0.15, 0.2) is 75.9 Å². The van der Waals surface area contributed by atoms with Crippen LogP contribution >= 0.6 is 23.5 Å². The van der Waals surface area contributed by atoms with Gasteiger partial charge in [-0.1, -0.05) is 59.4 Å². The molecule has 3 rings (SSSR count). The van der Waals surface area contributed by atoms with Crippen molar-refractivity contribution in [1.29, 1.82) is 0 Å². The number of hydrogen-bond acceptors (Lipinski definition) is 5. The van der Waals surface area contributed by atoms with E-state index >= 15 is 0 Å². The summed E-state index contributed by atoms with van der Waals surface area (Å²) in [5.41, 5.74) is 3.08. The van der Waals surface area contributed by atoms with Gasteiger partial charge in [-0.05, 0) is 37.6 Å². The van der Waals surface area contributed by atoms with Crippen molar-refractivity contribution in [2.24, 2.45) is 0 Å². The van der Waals surface area contributed by atoms with Crippen molar-refractivity contribution < 1.29 is 4.79 Å². The van der Waals surface area contributed by atoms with Gasteiger partial charge < -0.3 is 5.32 Å². The standard InChI is InChI=1S/C20H19N3OS2/c1-14-8-9-17(15(2)12-14)23-18(24)13-25-19-20(22-11-10-21-19)26-16-6-4-3-5-7-16/h3-12H,13H2,1-2H3,(H,23,24). The second-order valence-electron chi connectivity index (χ2n) is 5.74. The summed E-state index contributed by atoms with van der Waals surface area (Å²) in [6.45, 7) is 4.03. The highest BCUT2D eigenvalue weighted by atomic mass is 32.2. The first-order chi connectivity index (χ1) is 12.6. The Hall–Kier alpha value is -2.31. The van der Waals surface area contributed by atoms with Crippen molar-refractivity contribution in [3.8, 4) is 0 Å². The lowest BCUT2D eigenvalue weighted by Gasteiger charge is -2.10. The summed E-state index contributed by atoms with van der Waals surface area (Å²) in [5, 5.41) is 4.53. The Morgan fingerprint density at radius 2 is 1.73 bits per heavy atom. The van der Waals surface area contributed by atoms with E-state index in [0.29, 0.717) is 0 Å². The summed E-state index contributed by atoms with van der Waals surface area (Å²) in [5.74, 6) is 0.234. The number of aryl methyl sites for hydroxylation is 2. The van der Waals surface area contributed by atoms with Crippen LogP contribution in [0.2, 0.25) is 0 Å². The molecule has 0 saturated carbocycles. The highest BCUT2D eigenvalue weighted by molar-refractivity contribution is 8.02. The summed E-state index contributed by atoms with van der Waals surface area (Å²) in [6, 6.07) is 16.0. The predicted octanol–water partition coefficient (Wildman–Crippen LogP) is 4.98. The van der Waals surface area contributed by atoms with Crippen molar-refractivity contribution >= 4 is 35.1 Å². The normalized spacial score (nSPS) is 10.5. The van der Waals surface area contributed by atoms with E-state index in [1.165, 1.54) is 17.3 Å². The molecule has 132 valence electrons. The summed E-state index contributed by atoms with van der Waals surface area (Å²) in [4.78, 5) is 22.2. The van der Waals surface area contributed by atoms with Crippen molar-refractivity contribution in [1.82, 2.24) is 9.97 Å². The molecule has 1 amide bonds. The molecular formula is C20H19N3OS2. The maximum Gasteiger partial charge on any atom is 0.234 e. The third-order valence-corrected chi connectivity index (χ3v) is 5.69. The van der Waals surface area contributed by atoms with E-state index < -0.39 is 0 Å². The van der Waals surface area contributed by atoms with Gasteiger partial charge in [-0.3, -0.25) is 4.79 Å². The number of nitrogens with one attached hydrogen (secondary N) is 1. The predicted molar refractivity (Wildman–Crippen MR) is 108 cm³/mol. The Labute approximate surface area is 161 Å². The zero-order valence-corrected chi connectivity index (χ0v) is 16.2. The van der Waals surface area contributed by atoms with E-state index in [1.54, 1.807) is 24.2 Å². The lowest BCUT2D eigenvalue weighted by atomic mass is 10.1. The number of hydrogen-bond donors (Lipinski definition) is 1. The summed E-state index contributed by atoms with van der Waals surface area (Å²) >= 11 is 2.94. The van der Waals surface area contributed by atoms with Gasteiger partial charge >= 0.3 is 0 Å². The van der Waals surface area contributed by atoms with Crippen LogP contribution in [0.3, 0.4) is 0 Å². The number of rotatable bonds is 6. The molecule has 2 aromatic carbocycles. The Bertz CT molecular complexity index is 901. The molecule has 0 radical (unpaired) electrons. The quantitative estimate of drug-likeness (QED) is 0.611. The minimum Gasteiger partial charge on any atom is -0.325 e. The first kappa shape index (κ1) is 18.5. The number of amides is 1. The van der Waals surface area contributed by atoms with E-state index in [0.717, 1.165) is 26.2 Å². The largest absolute Gasteiger partial charge is 0.325 e. The van der Waals surface area contributed by atoms with Gasteiger partial charge in [0.15, 0.2) is 0 Å². The van der Waals surface area contributed by atoms with Gasteiger partial charge in [-0.15, -0.1) is 0 Å². The molecule has 1 N–H and O–H groups in total. The van der Waals surface area contributed by atoms with Gasteiger partial charge in [0.2, 0.25) is 5.91 Å². The van der Waals surface area contributed by atoms with E-state index in [2.05, 4.69) is 21.4 Å². The fraction of sp³-hybridized carbons (Fsp3) is 0.150. The van der Waals surface area contributed by atoms with Gasteiger partial charge in [0.05, 0.1) is 5.75 Å². The molecule has 26 heavy (non-hydrogen) atoms. The topological polar surface area (TPSA) is 54.9 Å². The molecule has 0 aliphatic heterocycles. The average molecular weight is 382 g/mol. The Balaban J connectivity index is 1.63. The van der Waals surface area contributed by atoms with E-state index in [9.17, 15) is 4.79 Å². The number of carbonyl (C=O) groups is 1. The van der Waals surface area contributed by atoms with Crippen LogP contribution in [0.1, 0.15) is 11.1 Å². The van der Waals surface area contributed by atoms with Gasteiger partial charge in [-0.25, -0.2) is 9.97 Å². The third-order valence-electron chi connectivity index (χ3n) is 3.59. The van der Waals surface area contributed by atoms with Crippen LogP contribution < -0.4 is 5.32 Å². The minimum atomic E-state index is -0.0525. The molecule has 0 bridgehead atoms. The molecule has 0 unspecified atom stereocenters. The smallest absolute Gasteiger partial charge is 0.234 e. The first-order valence-electron chi connectivity index (χ1n) is 8.15. The van der Waals surface area contributed by atoms with Gasteiger partial charge in [-0.2, -0.15) is 0 Å². The molecule has 0 saturated heterocycles. The average Bonchev–Trinajstić information content (AvgIpc) is 2.64. The monoisotopic (exact) mass is 381 g/mol. The Morgan fingerprint density at radius 1 is 1.00 bits per heavy atom.